The molecular weight excluding hydrogens is 441 g/mol. The molecule has 23 heavy (non-hydrogen) atoms. The van der Waals surface area contributed by atoms with Crippen LogP contribution in [0.3, 0.4) is 0 Å². The third-order valence-corrected chi connectivity index (χ3v) is 5.19. The fraction of sp³-hybridized carbons (Fsp3) is 0.533. The van der Waals surface area contributed by atoms with Crippen molar-refractivity contribution in [3.63, 3.8) is 0 Å². The molecule has 2 aromatic rings. The number of aromatic nitrogens is 2. The molecule has 0 aliphatic rings. The van der Waals surface area contributed by atoms with Crippen LogP contribution >= 0.6 is 46.7 Å². The quantitative estimate of drug-likeness (QED) is 0.391. The summed E-state index contributed by atoms with van der Waals surface area (Å²) in [4.78, 5) is 15.8. The van der Waals surface area contributed by atoms with Crippen molar-refractivity contribution in [2.45, 2.75) is 40.2 Å². The molecule has 0 spiro atoms. The van der Waals surface area contributed by atoms with Crippen LogP contribution in [0.15, 0.2) is 11.2 Å². The average molecular weight is 465 g/mol. The summed E-state index contributed by atoms with van der Waals surface area (Å²) >= 11 is 3.49. The van der Waals surface area contributed by atoms with Gasteiger partial charge in [0.05, 0.1) is 17.2 Å². The van der Waals surface area contributed by atoms with Gasteiger partial charge in [0.2, 0.25) is 0 Å². The van der Waals surface area contributed by atoms with Crippen LogP contribution < -0.4 is 10.6 Å². The molecule has 5 nitrogen and oxygen atoms in total. The van der Waals surface area contributed by atoms with Crippen molar-refractivity contribution < 1.29 is 0 Å². The Morgan fingerprint density at radius 3 is 2.57 bits per heavy atom. The van der Waals surface area contributed by atoms with Crippen molar-refractivity contribution in [1.29, 1.82) is 0 Å². The number of aryl methyl sites for hydroxylation is 3. The Hall–Kier alpha value is -0.740. The van der Waals surface area contributed by atoms with Crippen LogP contribution in [-0.2, 0) is 19.4 Å². The Kier molecular flexibility index (Phi) is 9.00. The first-order valence-corrected chi connectivity index (χ1v) is 9.06. The molecule has 0 aliphatic heterocycles. The zero-order chi connectivity index (χ0) is 15.9. The molecule has 0 fully saturated rings. The molecule has 0 aromatic carbocycles. The Balaban J connectivity index is 0.00000264. The van der Waals surface area contributed by atoms with Gasteiger partial charge in [-0.15, -0.1) is 46.7 Å². The van der Waals surface area contributed by atoms with Gasteiger partial charge in [0, 0.05) is 36.0 Å². The predicted octanol–water partition coefficient (Wildman–Crippen LogP) is 3.30. The molecule has 128 valence electrons. The molecule has 2 heterocycles. The lowest BCUT2D eigenvalue weighted by atomic mass is 10.3. The number of thiazole rings is 2. The van der Waals surface area contributed by atoms with Gasteiger partial charge < -0.3 is 10.6 Å². The first-order chi connectivity index (χ1) is 10.6. The summed E-state index contributed by atoms with van der Waals surface area (Å²) in [6, 6.07) is 0. The second-order valence-corrected chi connectivity index (χ2v) is 7.54. The summed E-state index contributed by atoms with van der Waals surface area (Å²) in [5.74, 6) is 0.803. The van der Waals surface area contributed by atoms with Crippen molar-refractivity contribution in [1.82, 2.24) is 20.6 Å². The highest BCUT2D eigenvalue weighted by atomic mass is 127. The summed E-state index contributed by atoms with van der Waals surface area (Å²) in [6.07, 6.45) is 3.82. The number of aliphatic imine (C=N–C) groups is 1. The van der Waals surface area contributed by atoms with E-state index in [1.807, 2.05) is 6.20 Å². The van der Waals surface area contributed by atoms with E-state index in [0.717, 1.165) is 30.4 Å². The molecule has 0 amide bonds. The van der Waals surface area contributed by atoms with Crippen molar-refractivity contribution in [3.05, 3.63) is 31.7 Å². The Morgan fingerprint density at radius 1 is 1.22 bits per heavy atom. The number of hydrogen-bond donors (Lipinski definition) is 2. The lowest BCUT2D eigenvalue weighted by molar-refractivity contribution is 0.787. The number of nitrogens with one attached hydrogen (secondary N) is 2. The number of rotatable bonds is 6. The van der Waals surface area contributed by atoms with Crippen LogP contribution in [0.25, 0.3) is 0 Å². The van der Waals surface area contributed by atoms with E-state index in [9.17, 15) is 0 Å². The molecular formula is C15H24IN5S2. The Bertz CT molecular complexity index is 636. The topological polar surface area (TPSA) is 62.2 Å². The number of hydrogen-bond acceptors (Lipinski definition) is 5. The van der Waals surface area contributed by atoms with Gasteiger partial charge in [0.15, 0.2) is 5.96 Å². The van der Waals surface area contributed by atoms with Crippen LogP contribution in [0.4, 0.5) is 0 Å². The fourth-order valence-electron chi connectivity index (χ4n) is 2.07. The number of nitrogens with zero attached hydrogens (tertiary/aromatic N) is 3. The second kappa shape index (κ2) is 10.2. The SMILES string of the molecule is CCc1nc(CCNC(=NC)NCc2ncc(C)s2)sc1C.I. The van der Waals surface area contributed by atoms with Gasteiger partial charge in [-0.25, -0.2) is 9.97 Å². The standard InChI is InChI=1S/C15H23N5S2.HI/c1-5-12-11(3)22-13(20-12)6-7-17-15(16-4)19-9-14-18-8-10(2)21-14;/h8H,5-7,9H2,1-4H3,(H2,16,17,19);1H. The summed E-state index contributed by atoms with van der Waals surface area (Å²) in [7, 11) is 1.78. The van der Waals surface area contributed by atoms with Gasteiger partial charge in [0.25, 0.3) is 0 Å². The Labute approximate surface area is 163 Å². The lowest BCUT2D eigenvalue weighted by Crippen LogP contribution is -2.37. The van der Waals surface area contributed by atoms with E-state index in [1.165, 1.54) is 20.5 Å². The smallest absolute Gasteiger partial charge is 0.191 e. The van der Waals surface area contributed by atoms with Gasteiger partial charge in [-0.1, -0.05) is 6.92 Å². The third kappa shape index (κ3) is 6.34. The van der Waals surface area contributed by atoms with Gasteiger partial charge in [-0.3, -0.25) is 4.99 Å². The van der Waals surface area contributed by atoms with Gasteiger partial charge in [0.1, 0.15) is 5.01 Å². The van der Waals surface area contributed by atoms with E-state index in [4.69, 9.17) is 0 Å². The van der Waals surface area contributed by atoms with E-state index >= 15 is 0 Å². The molecule has 2 rings (SSSR count). The predicted molar refractivity (Wildman–Crippen MR) is 110 cm³/mol. The van der Waals surface area contributed by atoms with E-state index in [2.05, 4.69) is 46.4 Å². The number of halogens is 1. The first kappa shape index (κ1) is 20.3. The molecule has 8 heteroatoms. The zero-order valence-corrected chi connectivity index (χ0v) is 17.9. The zero-order valence-electron chi connectivity index (χ0n) is 14.0. The lowest BCUT2D eigenvalue weighted by Gasteiger charge is -2.09. The van der Waals surface area contributed by atoms with E-state index in [1.54, 1.807) is 29.7 Å². The average Bonchev–Trinajstić information content (AvgIpc) is 3.08. The fourth-order valence-corrected chi connectivity index (χ4v) is 3.82. The minimum Gasteiger partial charge on any atom is -0.356 e. The molecule has 0 saturated carbocycles. The molecule has 0 aliphatic carbocycles. The van der Waals surface area contributed by atoms with Crippen LogP contribution in [-0.4, -0.2) is 29.5 Å². The third-order valence-electron chi connectivity index (χ3n) is 3.20. The molecule has 0 radical (unpaired) electrons. The molecule has 0 bridgehead atoms. The largest absolute Gasteiger partial charge is 0.356 e. The van der Waals surface area contributed by atoms with Crippen molar-refractivity contribution in [3.8, 4) is 0 Å². The molecule has 0 atom stereocenters. The van der Waals surface area contributed by atoms with Crippen molar-refractivity contribution >= 4 is 52.6 Å². The van der Waals surface area contributed by atoms with Crippen LogP contribution in [0.1, 0.15) is 32.4 Å². The van der Waals surface area contributed by atoms with Crippen LogP contribution in [0.2, 0.25) is 0 Å². The summed E-state index contributed by atoms with van der Waals surface area (Å²) < 4.78 is 0. The second-order valence-electron chi connectivity index (χ2n) is 4.93. The Morgan fingerprint density at radius 2 is 2.00 bits per heavy atom. The first-order valence-electron chi connectivity index (χ1n) is 7.43. The maximum Gasteiger partial charge on any atom is 0.191 e. The van der Waals surface area contributed by atoms with Crippen molar-refractivity contribution in [2.24, 2.45) is 4.99 Å². The van der Waals surface area contributed by atoms with E-state index in [0.29, 0.717) is 6.54 Å². The molecule has 2 N–H and O–H groups in total. The minimum absolute atomic E-state index is 0. The van der Waals surface area contributed by atoms with Gasteiger partial charge in [-0.2, -0.15) is 0 Å². The molecule has 2 aromatic heterocycles. The van der Waals surface area contributed by atoms with Crippen LogP contribution in [0, 0.1) is 13.8 Å². The van der Waals surface area contributed by atoms with E-state index in [-0.39, 0.29) is 24.0 Å². The highest BCUT2D eigenvalue weighted by Crippen LogP contribution is 2.17. The normalized spacial score (nSPS) is 11.2. The maximum atomic E-state index is 4.66. The summed E-state index contributed by atoms with van der Waals surface area (Å²) in [5, 5.41) is 8.87. The summed E-state index contributed by atoms with van der Waals surface area (Å²) in [5.41, 5.74) is 1.22. The maximum absolute atomic E-state index is 4.66. The minimum atomic E-state index is 0. The van der Waals surface area contributed by atoms with E-state index < -0.39 is 0 Å². The summed E-state index contributed by atoms with van der Waals surface area (Å²) in [6.45, 7) is 7.89. The van der Waals surface area contributed by atoms with Gasteiger partial charge in [-0.05, 0) is 20.3 Å². The highest BCUT2D eigenvalue weighted by molar-refractivity contribution is 14.0. The monoisotopic (exact) mass is 465 g/mol. The molecule has 0 saturated heterocycles. The van der Waals surface area contributed by atoms with Crippen LogP contribution in [0.5, 0.6) is 0 Å². The van der Waals surface area contributed by atoms with Crippen molar-refractivity contribution in [2.75, 3.05) is 13.6 Å². The van der Waals surface area contributed by atoms with Gasteiger partial charge >= 0.3 is 0 Å². The highest BCUT2D eigenvalue weighted by Gasteiger charge is 2.06. The molecule has 0 unspecified atom stereocenters. The number of guanidine groups is 1.